The molecule has 1 N–H and O–H groups in total. The first-order chi connectivity index (χ1) is 15.4. The van der Waals surface area contributed by atoms with Crippen molar-refractivity contribution in [1.82, 2.24) is 14.6 Å². The van der Waals surface area contributed by atoms with E-state index in [0.29, 0.717) is 21.9 Å². The Labute approximate surface area is 190 Å². The summed E-state index contributed by atoms with van der Waals surface area (Å²) in [6.45, 7) is 18.7. The van der Waals surface area contributed by atoms with E-state index >= 15 is 0 Å². The Bertz CT molecular complexity index is 1250. The fourth-order valence-electron chi connectivity index (χ4n) is 4.38. The molecule has 1 unspecified atom stereocenters. The van der Waals surface area contributed by atoms with E-state index in [4.69, 9.17) is 9.98 Å². The summed E-state index contributed by atoms with van der Waals surface area (Å²) in [5.41, 5.74) is 5.23. The second kappa shape index (κ2) is 10.2. The lowest BCUT2D eigenvalue weighted by Crippen LogP contribution is -2.24. The van der Waals surface area contributed by atoms with Gasteiger partial charge in [-0.25, -0.2) is 9.98 Å². The molecule has 0 bridgehead atoms. The predicted molar refractivity (Wildman–Crippen MR) is 134 cm³/mol. The first-order valence-corrected chi connectivity index (χ1v) is 11.9. The van der Waals surface area contributed by atoms with Crippen molar-refractivity contribution < 1.29 is 0 Å². The molecule has 2 aromatic heterocycles. The van der Waals surface area contributed by atoms with E-state index in [2.05, 4.69) is 63.3 Å². The fraction of sp³-hybridized carbons (Fsp3) is 0.500. The normalized spacial score (nSPS) is 13.1. The molecule has 0 saturated carbocycles. The summed E-state index contributed by atoms with van der Waals surface area (Å²) < 4.78 is 1.49. The second-order valence-electron chi connectivity index (χ2n) is 8.53. The lowest BCUT2D eigenvalue weighted by atomic mass is 9.93. The van der Waals surface area contributed by atoms with Crippen molar-refractivity contribution in [2.45, 2.75) is 73.1 Å². The van der Waals surface area contributed by atoms with Gasteiger partial charge < -0.3 is 4.90 Å². The van der Waals surface area contributed by atoms with Crippen molar-refractivity contribution in [3.8, 4) is 0 Å². The Kier molecular flexibility index (Phi) is 7.54. The van der Waals surface area contributed by atoms with Crippen LogP contribution < -0.4 is 21.2 Å². The standard InChI is InChI=1S/C26H37N5O/c1-8-12-13-20(9-2)23-18(6)26(32)31-25(28-23)24(19(7)29-31)27-22-15-14-21(16-17(22)5)30(10-3)11-4/h14-16,20,29H,7-13H2,1-6H3. The maximum absolute atomic E-state index is 13.1. The molecule has 1 atom stereocenters. The Morgan fingerprint density at radius 2 is 1.91 bits per heavy atom. The number of H-pyrrole nitrogens is 1. The second-order valence-corrected chi connectivity index (χ2v) is 8.53. The molecule has 0 aliphatic heterocycles. The van der Waals surface area contributed by atoms with Crippen molar-refractivity contribution in [2.75, 3.05) is 18.0 Å². The van der Waals surface area contributed by atoms with Gasteiger partial charge in [0.1, 0.15) is 5.36 Å². The number of rotatable bonds is 9. The van der Waals surface area contributed by atoms with Crippen molar-refractivity contribution in [1.29, 1.82) is 0 Å². The minimum Gasteiger partial charge on any atom is -0.372 e. The summed E-state index contributed by atoms with van der Waals surface area (Å²) in [6.07, 6.45) is 4.26. The SMILES string of the molecule is C=c1[nH]n2c(=O)c(C)c(C(CC)CCCC)nc2c1=Nc1ccc(N(CC)CC)cc1C. The van der Waals surface area contributed by atoms with Crippen molar-refractivity contribution >= 4 is 23.6 Å². The van der Waals surface area contributed by atoms with Gasteiger partial charge in [0, 0.05) is 30.3 Å². The van der Waals surface area contributed by atoms with E-state index in [1.807, 2.05) is 13.0 Å². The molecular weight excluding hydrogens is 398 g/mol. The van der Waals surface area contributed by atoms with Crippen LogP contribution in [0.2, 0.25) is 0 Å². The maximum atomic E-state index is 13.1. The van der Waals surface area contributed by atoms with E-state index in [-0.39, 0.29) is 11.5 Å². The van der Waals surface area contributed by atoms with Gasteiger partial charge in [0.15, 0.2) is 5.65 Å². The van der Waals surface area contributed by atoms with Crippen molar-refractivity contribution in [2.24, 2.45) is 4.99 Å². The molecule has 2 heterocycles. The molecule has 0 aliphatic carbocycles. The highest BCUT2D eigenvalue weighted by molar-refractivity contribution is 5.58. The van der Waals surface area contributed by atoms with E-state index in [1.54, 1.807) is 0 Å². The molecular formula is C26H37N5O. The van der Waals surface area contributed by atoms with Crippen LogP contribution in [0.4, 0.5) is 11.4 Å². The minimum absolute atomic E-state index is 0.0695. The van der Waals surface area contributed by atoms with Gasteiger partial charge in [-0.1, -0.05) is 33.3 Å². The highest BCUT2D eigenvalue weighted by atomic mass is 16.1. The van der Waals surface area contributed by atoms with Crippen LogP contribution in [0.1, 0.15) is 76.1 Å². The van der Waals surface area contributed by atoms with Gasteiger partial charge in [0.2, 0.25) is 0 Å². The number of fused-ring (bicyclic) bond motifs is 1. The molecule has 0 fully saturated rings. The molecule has 0 amide bonds. The quantitative estimate of drug-likeness (QED) is 0.537. The molecule has 0 saturated heterocycles. The minimum atomic E-state index is -0.0695. The third-order valence-electron chi connectivity index (χ3n) is 6.42. The monoisotopic (exact) mass is 435 g/mol. The average molecular weight is 436 g/mol. The number of anilines is 1. The molecule has 3 aromatic rings. The number of aromatic nitrogens is 3. The Balaban J connectivity index is 2.19. The first kappa shape index (κ1) is 23.8. The molecule has 3 rings (SSSR count). The van der Waals surface area contributed by atoms with Crippen LogP contribution in [0.5, 0.6) is 0 Å². The maximum Gasteiger partial charge on any atom is 0.275 e. The molecule has 32 heavy (non-hydrogen) atoms. The van der Waals surface area contributed by atoms with Gasteiger partial charge in [-0.3, -0.25) is 9.89 Å². The number of aromatic amines is 1. The predicted octanol–water partition coefficient (Wildman–Crippen LogP) is 4.53. The third-order valence-corrected chi connectivity index (χ3v) is 6.42. The van der Waals surface area contributed by atoms with E-state index in [9.17, 15) is 4.79 Å². The van der Waals surface area contributed by atoms with Crippen LogP contribution in [0.3, 0.4) is 0 Å². The smallest absolute Gasteiger partial charge is 0.275 e. The largest absolute Gasteiger partial charge is 0.372 e. The van der Waals surface area contributed by atoms with Gasteiger partial charge >= 0.3 is 0 Å². The number of nitrogens with one attached hydrogen (secondary N) is 1. The Morgan fingerprint density at radius 3 is 2.50 bits per heavy atom. The molecule has 0 aliphatic rings. The summed E-state index contributed by atoms with van der Waals surface area (Å²) in [7, 11) is 0. The topological polar surface area (TPSA) is 65.8 Å². The van der Waals surface area contributed by atoms with Crippen molar-refractivity contribution in [3.05, 3.63) is 56.1 Å². The highest BCUT2D eigenvalue weighted by Crippen LogP contribution is 2.26. The van der Waals surface area contributed by atoms with Crippen LogP contribution in [-0.2, 0) is 0 Å². The summed E-state index contributed by atoms with van der Waals surface area (Å²) >= 11 is 0. The molecule has 0 spiro atoms. The number of unbranched alkanes of at least 4 members (excludes halogenated alkanes) is 1. The summed E-state index contributed by atoms with van der Waals surface area (Å²) in [6, 6.07) is 6.30. The number of benzene rings is 1. The first-order valence-electron chi connectivity index (χ1n) is 11.9. The number of nitrogens with zero attached hydrogens (tertiary/aromatic N) is 4. The Hall–Kier alpha value is -2.89. The van der Waals surface area contributed by atoms with Crippen LogP contribution in [0.15, 0.2) is 28.0 Å². The zero-order chi connectivity index (χ0) is 23.4. The molecule has 6 heteroatoms. The molecule has 1 aromatic carbocycles. The van der Waals surface area contributed by atoms with Gasteiger partial charge in [-0.05, 0) is 64.3 Å². The fourth-order valence-corrected chi connectivity index (χ4v) is 4.38. The van der Waals surface area contributed by atoms with E-state index < -0.39 is 0 Å². The van der Waals surface area contributed by atoms with Crippen LogP contribution in [0, 0.1) is 13.8 Å². The Morgan fingerprint density at radius 1 is 1.19 bits per heavy atom. The lowest BCUT2D eigenvalue weighted by Gasteiger charge is -2.21. The number of hydrogen-bond donors (Lipinski definition) is 1. The number of hydrogen-bond acceptors (Lipinski definition) is 4. The zero-order valence-electron chi connectivity index (χ0n) is 20.5. The summed E-state index contributed by atoms with van der Waals surface area (Å²) in [4.78, 5) is 25.3. The highest BCUT2D eigenvalue weighted by Gasteiger charge is 2.19. The number of aryl methyl sites for hydroxylation is 1. The van der Waals surface area contributed by atoms with Gasteiger partial charge in [-0.15, -0.1) is 0 Å². The van der Waals surface area contributed by atoms with Gasteiger partial charge in [-0.2, -0.15) is 4.52 Å². The third kappa shape index (κ3) is 4.50. The zero-order valence-corrected chi connectivity index (χ0v) is 20.5. The summed E-state index contributed by atoms with van der Waals surface area (Å²) in [5.74, 6) is 0.277. The molecule has 0 radical (unpaired) electrons. The molecule has 172 valence electrons. The average Bonchev–Trinajstić information content (AvgIpc) is 3.09. The summed E-state index contributed by atoms with van der Waals surface area (Å²) in [5, 5.41) is 4.31. The van der Waals surface area contributed by atoms with Crippen LogP contribution in [0.25, 0.3) is 12.2 Å². The van der Waals surface area contributed by atoms with Gasteiger partial charge in [0.05, 0.1) is 16.7 Å². The van der Waals surface area contributed by atoms with Crippen molar-refractivity contribution in [3.63, 3.8) is 0 Å². The van der Waals surface area contributed by atoms with Crippen LogP contribution in [-0.4, -0.2) is 27.7 Å². The van der Waals surface area contributed by atoms with E-state index in [0.717, 1.165) is 55.7 Å². The molecule has 6 nitrogen and oxygen atoms in total. The van der Waals surface area contributed by atoms with Gasteiger partial charge in [0.25, 0.3) is 5.56 Å². The van der Waals surface area contributed by atoms with Crippen LogP contribution >= 0.6 is 0 Å². The van der Waals surface area contributed by atoms with E-state index in [1.165, 1.54) is 10.2 Å². The lowest BCUT2D eigenvalue weighted by molar-refractivity contribution is 0.553.